The predicted molar refractivity (Wildman–Crippen MR) is 79.4 cm³/mol. The molecule has 3 heteroatoms. The quantitative estimate of drug-likeness (QED) is 0.898. The van der Waals surface area contributed by atoms with Gasteiger partial charge in [-0.1, -0.05) is 0 Å². The minimum Gasteiger partial charge on any atom is -0.349 e. The third kappa shape index (κ3) is 2.34. The summed E-state index contributed by atoms with van der Waals surface area (Å²) < 4.78 is 2.41. The second kappa shape index (κ2) is 5.29. The zero-order chi connectivity index (χ0) is 13.4. The van der Waals surface area contributed by atoms with E-state index in [2.05, 4.69) is 41.6 Å². The summed E-state index contributed by atoms with van der Waals surface area (Å²) in [6, 6.07) is 3.88. The van der Waals surface area contributed by atoms with Crippen molar-refractivity contribution >= 4 is 0 Å². The number of rotatable bonds is 4. The lowest BCUT2D eigenvalue weighted by Crippen LogP contribution is -2.38. The van der Waals surface area contributed by atoms with E-state index in [-0.39, 0.29) is 0 Å². The van der Waals surface area contributed by atoms with Gasteiger partial charge in [-0.2, -0.15) is 0 Å². The Balaban J connectivity index is 1.63. The first kappa shape index (κ1) is 13.2. The summed E-state index contributed by atoms with van der Waals surface area (Å²) in [5, 5.41) is 3.82. The monoisotopic (exact) mass is 261 g/mol. The molecule has 0 amide bonds. The zero-order valence-corrected chi connectivity index (χ0v) is 12.6. The van der Waals surface area contributed by atoms with Crippen LogP contribution in [0.25, 0.3) is 0 Å². The van der Waals surface area contributed by atoms with Crippen molar-refractivity contribution in [3.63, 3.8) is 0 Å². The molecule has 1 aromatic rings. The summed E-state index contributed by atoms with van der Waals surface area (Å²) >= 11 is 0. The fourth-order valence-electron chi connectivity index (χ4n) is 4.10. The Morgan fingerprint density at radius 2 is 2.11 bits per heavy atom. The molecule has 0 aromatic carbocycles. The molecule has 2 fully saturated rings. The molecule has 2 atom stereocenters. The SMILES string of the molecule is CCn1c(C)cc(CNC2CCN3CCCC23)c1C. The number of nitrogens with zero attached hydrogens (tertiary/aromatic N) is 2. The third-order valence-corrected chi connectivity index (χ3v) is 5.16. The summed E-state index contributed by atoms with van der Waals surface area (Å²) in [5.74, 6) is 0. The fourth-order valence-corrected chi connectivity index (χ4v) is 4.10. The third-order valence-electron chi connectivity index (χ3n) is 5.16. The van der Waals surface area contributed by atoms with Gasteiger partial charge in [0.25, 0.3) is 0 Å². The zero-order valence-electron chi connectivity index (χ0n) is 12.6. The molecule has 3 heterocycles. The van der Waals surface area contributed by atoms with Crippen LogP contribution in [0.3, 0.4) is 0 Å². The second-order valence-electron chi connectivity index (χ2n) is 6.16. The normalized spacial score (nSPS) is 27.1. The smallest absolute Gasteiger partial charge is 0.0250 e. The Bertz CT molecular complexity index is 449. The van der Waals surface area contributed by atoms with Gasteiger partial charge in [-0.3, -0.25) is 4.90 Å². The first-order chi connectivity index (χ1) is 9.20. The Morgan fingerprint density at radius 1 is 1.26 bits per heavy atom. The topological polar surface area (TPSA) is 20.2 Å². The van der Waals surface area contributed by atoms with E-state index in [4.69, 9.17) is 0 Å². The average molecular weight is 261 g/mol. The highest BCUT2D eigenvalue weighted by Crippen LogP contribution is 2.28. The molecule has 106 valence electrons. The van der Waals surface area contributed by atoms with Crippen LogP contribution in [-0.2, 0) is 13.1 Å². The molecule has 1 aromatic heterocycles. The molecule has 2 aliphatic heterocycles. The van der Waals surface area contributed by atoms with E-state index in [1.54, 1.807) is 0 Å². The largest absolute Gasteiger partial charge is 0.349 e. The van der Waals surface area contributed by atoms with Gasteiger partial charge in [0, 0.05) is 43.1 Å². The minimum absolute atomic E-state index is 0.715. The van der Waals surface area contributed by atoms with Crippen molar-refractivity contribution in [3.05, 3.63) is 23.0 Å². The highest BCUT2D eigenvalue weighted by atomic mass is 15.2. The van der Waals surface area contributed by atoms with Gasteiger partial charge in [-0.15, -0.1) is 0 Å². The molecule has 0 spiro atoms. The number of aryl methyl sites for hydroxylation is 1. The molecule has 2 saturated heterocycles. The van der Waals surface area contributed by atoms with Gasteiger partial charge in [0.1, 0.15) is 0 Å². The average Bonchev–Trinajstić information content (AvgIpc) is 3.03. The number of hydrogen-bond donors (Lipinski definition) is 1. The molecule has 3 nitrogen and oxygen atoms in total. The van der Waals surface area contributed by atoms with Crippen molar-refractivity contribution in [1.29, 1.82) is 0 Å². The van der Waals surface area contributed by atoms with Gasteiger partial charge in [0.05, 0.1) is 0 Å². The van der Waals surface area contributed by atoms with E-state index < -0.39 is 0 Å². The molecule has 0 radical (unpaired) electrons. The highest BCUT2D eigenvalue weighted by Gasteiger charge is 2.36. The van der Waals surface area contributed by atoms with Crippen molar-refractivity contribution in [1.82, 2.24) is 14.8 Å². The van der Waals surface area contributed by atoms with Crippen LogP contribution < -0.4 is 5.32 Å². The standard InChI is InChI=1S/C16H27N3/c1-4-19-12(2)10-14(13(19)3)11-17-15-7-9-18-8-5-6-16(15)18/h10,15-17H,4-9,11H2,1-3H3. The molecule has 19 heavy (non-hydrogen) atoms. The first-order valence-electron chi connectivity index (χ1n) is 7.83. The number of aromatic nitrogens is 1. The maximum absolute atomic E-state index is 3.82. The molecule has 1 N–H and O–H groups in total. The predicted octanol–water partition coefficient (Wildman–Crippen LogP) is 2.45. The Labute approximate surface area is 117 Å². The van der Waals surface area contributed by atoms with Crippen molar-refractivity contribution in [2.45, 2.75) is 65.2 Å². The number of hydrogen-bond acceptors (Lipinski definition) is 2. The maximum Gasteiger partial charge on any atom is 0.0250 e. The van der Waals surface area contributed by atoms with Gasteiger partial charge < -0.3 is 9.88 Å². The van der Waals surface area contributed by atoms with E-state index >= 15 is 0 Å². The van der Waals surface area contributed by atoms with Crippen LogP contribution >= 0.6 is 0 Å². The molecule has 3 rings (SSSR count). The van der Waals surface area contributed by atoms with Crippen molar-refractivity contribution in [2.75, 3.05) is 13.1 Å². The molecule has 0 saturated carbocycles. The number of fused-ring (bicyclic) bond motifs is 1. The summed E-state index contributed by atoms with van der Waals surface area (Å²) in [6.07, 6.45) is 4.12. The summed E-state index contributed by atoms with van der Waals surface area (Å²) in [5.41, 5.74) is 4.32. The van der Waals surface area contributed by atoms with E-state index in [9.17, 15) is 0 Å². The van der Waals surface area contributed by atoms with Crippen LogP contribution in [0, 0.1) is 13.8 Å². The van der Waals surface area contributed by atoms with Gasteiger partial charge in [0.15, 0.2) is 0 Å². The second-order valence-corrected chi connectivity index (χ2v) is 6.16. The Morgan fingerprint density at radius 3 is 2.84 bits per heavy atom. The van der Waals surface area contributed by atoms with Crippen LogP contribution in [0.5, 0.6) is 0 Å². The molecular weight excluding hydrogens is 234 g/mol. The number of nitrogens with one attached hydrogen (secondary N) is 1. The van der Waals surface area contributed by atoms with E-state index in [1.165, 1.54) is 49.3 Å². The van der Waals surface area contributed by atoms with E-state index in [1.807, 2.05) is 0 Å². The van der Waals surface area contributed by atoms with Gasteiger partial charge in [-0.05, 0) is 58.2 Å². The lowest BCUT2D eigenvalue weighted by atomic mass is 10.1. The Kier molecular flexibility index (Phi) is 3.68. The maximum atomic E-state index is 3.82. The molecular formula is C16H27N3. The van der Waals surface area contributed by atoms with Crippen LogP contribution in [-0.4, -0.2) is 34.6 Å². The van der Waals surface area contributed by atoms with Crippen LogP contribution in [0.1, 0.15) is 43.1 Å². The van der Waals surface area contributed by atoms with E-state index in [0.717, 1.165) is 19.1 Å². The summed E-state index contributed by atoms with van der Waals surface area (Å²) in [4.78, 5) is 2.67. The van der Waals surface area contributed by atoms with Crippen LogP contribution in [0.15, 0.2) is 6.07 Å². The summed E-state index contributed by atoms with van der Waals surface area (Å²) in [7, 11) is 0. The highest BCUT2D eigenvalue weighted by molar-refractivity contribution is 5.26. The molecule has 2 aliphatic rings. The molecule has 0 aliphatic carbocycles. The van der Waals surface area contributed by atoms with Crippen molar-refractivity contribution in [3.8, 4) is 0 Å². The fraction of sp³-hybridized carbons (Fsp3) is 0.750. The van der Waals surface area contributed by atoms with Crippen molar-refractivity contribution in [2.24, 2.45) is 0 Å². The Hall–Kier alpha value is -0.800. The van der Waals surface area contributed by atoms with Gasteiger partial charge in [0.2, 0.25) is 0 Å². The first-order valence-corrected chi connectivity index (χ1v) is 7.83. The molecule has 2 unspecified atom stereocenters. The minimum atomic E-state index is 0.715. The lowest BCUT2D eigenvalue weighted by molar-refractivity contribution is 0.298. The van der Waals surface area contributed by atoms with Crippen molar-refractivity contribution < 1.29 is 0 Å². The van der Waals surface area contributed by atoms with Gasteiger partial charge in [-0.25, -0.2) is 0 Å². The molecule has 0 bridgehead atoms. The van der Waals surface area contributed by atoms with Crippen LogP contribution in [0.2, 0.25) is 0 Å². The summed E-state index contributed by atoms with van der Waals surface area (Å²) in [6.45, 7) is 11.4. The van der Waals surface area contributed by atoms with E-state index in [0.29, 0.717) is 6.04 Å². The van der Waals surface area contributed by atoms with Gasteiger partial charge >= 0.3 is 0 Å². The van der Waals surface area contributed by atoms with Crippen LogP contribution in [0.4, 0.5) is 0 Å². The lowest BCUT2D eigenvalue weighted by Gasteiger charge is -2.21.